The van der Waals surface area contributed by atoms with Gasteiger partial charge in [0.25, 0.3) is 0 Å². The van der Waals surface area contributed by atoms with Crippen LogP contribution in [0.3, 0.4) is 0 Å². The summed E-state index contributed by atoms with van der Waals surface area (Å²) in [6.45, 7) is 6.21. The van der Waals surface area contributed by atoms with Gasteiger partial charge < -0.3 is 10.6 Å². The van der Waals surface area contributed by atoms with Gasteiger partial charge in [0.2, 0.25) is 10.0 Å². The van der Waals surface area contributed by atoms with E-state index in [0.29, 0.717) is 57.6 Å². The molecule has 1 aliphatic carbocycles. The summed E-state index contributed by atoms with van der Waals surface area (Å²) in [7, 11) is -3.62. The largest absolute Gasteiger partial charge is 0.378 e. The number of anilines is 2. The molecule has 4 rings (SSSR count). The molecule has 0 spiro atoms. The molecule has 2 aliphatic rings. The van der Waals surface area contributed by atoms with Crippen molar-refractivity contribution in [2.24, 2.45) is 5.92 Å². The fraction of sp³-hybridized carbons (Fsp3) is 0.414. The number of halogens is 1. The van der Waals surface area contributed by atoms with Crippen LogP contribution < -0.4 is 15.4 Å². The molecule has 10 heteroatoms. The van der Waals surface area contributed by atoms with Crippen molar-refractivity contribution in [3.05, 3.63) is 74.8 Å². The first-order chi connectivity index (χ1) is 18.7. The third kappa shape index (κ3) is 6.53. The van der Waals surface area contributed by atoms with Gasteiger partial charge in [0.1, 0.15) is 0 Å². The lowest BCUT2D eigenvalue weighted by molar-refractivity contribution is -0.117. The number of benzene rings is 1. The number of aromatic nitrogens is 1. The van der Waals surface area contributed by atoms with E-state index in [2.05, 4.69) is 49.3 Å². The molecule has 0 fully saturated rings. The van der Waals surface area contributed by atoms with E-state index in [1.165, 1.54) is 0 Å². The number of dihydropyridines is 1. The number of Topliss-reactive ketones (excluding diaryl/α,β-unsaturated/α-hetero) is 1. The number of carbonyl (C=O) groups is 1. The summed E-state index contributed by atoms with van der Waals surface area (Å²) in [6, 6.07) is 9.71. The first kappa shape index (κ1) is 28.8. The Labute approximate surface area is 239 Å². The van der Waals surface area contributed by atoms with Gasteiger partial charge in [-0.1, -0.05) is 26.3 Å². The summed E-state index contributed by atoms with van der Waals surface area (Å²) in [5.41, 5.74) is 5.20. The van der Waals surface area contributed by atoms with E-state index >= 15 is 0 Å². The van der Waals surface area contributed by atoms with Crippen molar-refractivity contribution >= 4 is 43.1 Å². The zero-order valence-electron chi connectivity index (χ0n) is 22.5. The smallest absolute Gasteiger partial charge is 0.232 e. The number of rotatable bonds is 10. The van der Waals surface area contributed by atoms with Crippen molar-refractivity contribution in [3.63, 3.8) is 0 Å². The third-order valence-corrected chi connectivity index (χ3v) is 9.21. The van der Waals surface area contributed by atoms with Crippen LogP contribution in [0.15, 0.2) is 63.7 Å². The molecule has 0 saturated carbocycles. The topological polar surface area (TPSA) is 124 Å². The number of ketones is 1. The quantitative estimate of drug-likeness (QED) is 0.295. The number of nitrogens with zero attached hydrogens (tertiary/aromatic N) is 2. The number of carbonyl (C=O) groups excluding carboxylic acids is 1. The molecule has 0 amide bonds. The molecule has 8 nitrogen and oxygen atoms in total. The van der Waals surface area contributed by atoms with E-state index in [4.69, 9.17) is 0 Å². The Morgan fingerprint density at radius 1 is 1.23 bits per heavy atom. The molecule has 0 bridgehead atoms. The van der Waals surface area contributed by atoms with Crippen molar-refractivity contribution in [2.45, 2.75) is 65.3 Å². The molecule has 3 N–H and O–H groups in total. The number of hydrogen-bond acceptors (Lipinski definition) is 7. The maximum absolute atomic E-state index is 13.5. The van der Waals surface area contributed by atoms with Gasteiger partial charge in [0.15, 0.2) is 5.78 Å². The van der Waals surface area contributed by atoms with E-state index in [9.17, 15) is 18.5 Å². The van der Waals surface area contributed by atoms with Gasteiger partial charge in [-0.3, -0.25) is 14.5 Å². The Bertz CT molecular complexity index is 1460. The van der Waals surface area contributed by atoms with E-state index in [-0.39, 0.29) is 17.5 Å². The molecule has 2 aromatic rings. The second kappa shape index (κ2) is 12.3. The fourth-order valence-electron chi connectivity index (χ4n) is 5.45. The molecule has 2 unspecified atom stereocenters. The first-order valence-electron chi connectivity index (χ1n) is 13.3. The standard InChI is InChI=1S/C29H34BrN5O3S/c1-4-7-19-11-24-28(26(36)12-19)27(22(15-31)18(3)34-24)21-13-23(30)29(33-17-20-8-6-9-32-16-20)25(14-21)35-39(37,38)10-5-2/h6,8-9,13-14,16,19,27,33-35H,4-5,7,10-12,17H2,1-3H3. The van der Waals surface area contributed by atoms with Crippen LogP contribution in [0.2, 0.25) is 0 Å². The minimum absolute atomic E-state index is 0.0285. The lowest BCUT2D eigenvalue weighted by Gasteiger charge is -2.36. The number of pyridine rings is 1. The Hall–Kier alpha value is -3.16. The second-order valence-corrected chi connectivity index (χ2v) is 12.8. The average molecular weight is 613 g/mol. The maximum Gasteiger partial charge on any atom is 0.232 e. The number of hydrogen-bond donors (Lipinski definition) is 3. The number of sulfonamides is 1. The molecule has 1 aliphatic heterocycles. The van der Waals surface area contributed by atoms with Crippen LogP contribution in [0.4, 0.5) is 11.4 Å². The van der Waals surface area contributed by atoms with Crippen molar-refractivity contribution in [1.29, 1.82) is 5.26 Å². The van der Waals surface area contributed by atoms with Crippen molar-refractivity contribution in [2.75, 3.05) is 15.8 Å². The first-order valence-corrected chi connectivity index (χ1v) is 15.7. The highest BCUT2D eigenvalue weighted by Gasteiger charge is 2.39. The van der Waals surface area contributed by atoms with E-state index in [1.54, 1.807) is 18.5 Å². The van der Waals surface area contributed by atoms with Crippen molar-refractivity contribution in [1.82, 2.24) is 10.3 Å². The van der Waals surface area contributed by atoms with Crippen molar-refractivity contribution < 1.29 is 13.2 Å². The summed E-state index contributed by atoms with van der Waals surface area (Å²) in [5.74, 6) is -0.304. The zero-order chi connectivity index (χ0) is 28.2. The van der Waals surface area contributed by atoms with Gasteiger partial charge >= 0.3 is 0 Å². The number of nitriles is 1. The van der Waals surface area contributed by atoms with Gasteiger partial charge in [0, 0.05) is 46.8 Å². The minimum atomic E-state index is -3.62. The molecular weight excluding hydrogens is 578 g/mol. The summed E-state index contributed by atoms with van der Waals surface area (Å²) in [6.07, 6.45) is 7.08. The lowest BCUT2D eigenvalue weighted by Crippen LogP contribution is -2.34. The Morgan fingerprint density at radius 3 is 2.69 bits per heavy atom. The average Bonchev–Trinajstić information content (AvgIpc) is 2.87. The molecule has 1 aromatic carbocycles. The second-order valence-electron chi connectivity index (χ2n) is 10.1. The monoisotopic (exact) mass is 611 g/mol. The summed E-state index contributed by atoms with van der Waals surface area (Å²) in [4.78, 5) is 17.7. The van der Waals surface area contributed by atoms with Gasteiger partial charge in [-0.25, -0.2) is 8.42 Å². The summed E-state index contributed by atoms with van der Waals surface area (Å²) >= 11 is 3.65. The van der Waals surface area contributed by atoms with Crippen LogP contribution in [0.1, 0.15) is 69.9 Å². The van der Waals surface area contributed by atoms with Crippen LogP contribution in [0.5, 0.6) is 0 Å². The van der Waals surface area contributed by atoms with Gasteiger partial charge in [0.05, 0.1) is 34.7 Å². The SMILES string of the molecule is CCCC1CC(=O)C2=C(C1)NC(C)=C(C#N)C2c1cc(Br)c(NCc2cccnc2)c(NS(=O)(=O)CCC)c1. The molecule has 206 valence electrons. The normalized spacial score (nSPS) is 19.3. The Balaban J connectivity index is 1.82. The maximum atomic E-state index is 13.5. The highest BCUT2D eigenvalue weighted by atomic mass is 79.9. The van der Waals surface area contributed by atoms with Gasteiger partial charge in [-0.15, -0.1) is 0 Å². The van der Waals surface area contributed by atoms with Crippen molar-refractivity contribution in [3.8, 4) is 6.07 Å². The summed E-state index contributed by atoms with van der Waals surface area (Å²) in [5, 5.41) is 16.8. The molecule has 0 radical (unpaired) electrons. The van der Waals surface area contributed by atoms with Crippen LogP contribution in [0, 0.1) is 17.2 Å². The molecule has 39 heavy (non-hydrogen) atoms. The van der Waals surface area contributed by atoms with Crippen LogP contribution in [-0.4, -0.2) is 24.9 Å². The lowest BCUT2D eigenvalue weighted by atomic mass is 9.72. The van der Waals surface area contributed by atoms with Crippen LogP contribution >= 0.6 is 15.9 Å². The highest BCUT2D eigenvalue weighted by Crippen LogP contribution is 2.46. The Morgan fingerprint density at radius 2 is 2.03 bits per heavy atom. The molecule has 1 aromatic heterocycles. The van der Waals surface area contributed by atoms with Crippen LogP contribution in [-0.2, 0) is 21.4 Å². The molecule has 2 heterocycles. The highest BCUT2D eigenvalue weighted by molar-refractivity contribution is 9.10. The van der Waals surface area contributed by atoms with Gasteiger partial charge in [-0.05, 0) is 77.4 Å². The zero-order valence-corrected chi connectivity index (χ0v) is 24.9. The van der Waals surface area contributed by atoms with Gasteiger partial charge in [-0.2, -0.15) is 5.26 Å². The third-order valence-electron chi connectivity index (χ3n) is 7.11. The molecule has 0 saturated heterocycles. The van der Waals surface area contributed by atoms with Crippen LogP contribution in [0.25, 0.3) is 0 Å². The number of nitrogens with one attached hydrogen (secondary N) is 3. The fourth-order valence-corrected chi connectivity index (χ4v) is 7.20. The summed E-state index contributed by atoms with van der Waals surface area (Å²) < 4.78 is 29.1. The molecule has 2 atom stereocenters. The van der Waals surface area contributed by atoms with E-state index in [0.717, 1.165) is 30.5 Å². The predicted molar refractivity (Wildman–Crippen MR) is 157 cm³/mol. The van der Waals surface area contributed by atoms with E-state index in [1.807, 2.05) is 32.0 Å². The molecular formula is C29H34BrN5O3S. The number of allylic oxidation sites excluding steroid dienone is 4. The minimum Gasteiger partial charge on any atom is -0.378 e. The Kier molecular flexibility index (Phi) is 9.13. The van der Waals surface area contributed by atoms with E-state index < -0.39 is 15.9 Å². The predicted octanol–water partition coefficient (Wildman–Crippen LogP) is 6.13.